The Balaban J connectivity index is 1.65. The molecule has 4 heteroatoms. The minimum Gasteiger partial charge on any atom is -0.332 e. The van der Waals surface area contributed by atoms with E-state index in [1.165, 1.54) is 0 Å². The van der Waals surface area contributed by atoms with Gasteiger partial charge in [-0.1, -0.05) is 19.9 Å². The fourth-order valence-electron chi connectivity index (χ4n) is 3.70. The molecule has 1 aromatic heterocycles. The van der Waals surface area contributed by atoms with E-state index in [0.717, 1.165) is 56.6 Å². The summed E-state index contributed by atoms with van der Waals surface area (Å²) in [5.41, 5.74) is 1.56. The van der Waals surface area contributed by atoms with Crippen molar-refractivity contribution < 1.29 is 4.79 Å². The summed E-state index contributed by atoms with van der Waals surface area (Å²) >= 11 is 0. The number of pyridine rings is 1. The average molecular weight is 315 g/mol. The maximum absolute atomic E-state index is 12.8. The van der Waals surface area contributed by atoms with E-state index >= 15 is 0 Å². The summed E-state index contributed by atoms with van der Waals surface area (Å²) in [6.45, 7) is 12.9. The Hall–Kier alpha value is -1.42. The number of hydrogen-bond acceptors (Lipinski definition) is 3. The van der Waals surface area contributed by atoms with Crippen LogP contribution in [0.5, 0.6) is 0 Å². The molecule has 0 atom stereocenters. The molecule has 126 valence electrons. The Morgan fingerprint density at radius 3 is 2.70 bits per heavy atom. The summed E-state index contributed by atoms with van der Waals surface area (Å²) in [4.78, 5) is 21.8. The summed E-state index contributed by atoms with van der Waals surface area (Å²) in [7, 11) is 0. The number of carbonyl (C=O) groups excluding carboxylic acids is 1. The zero-order valence-electron chi connectivity index (χ0n) is 14.9. The highest BCUT2D eigenvalue weighted by Crippen LogP contribution is 2.29. The van der Waals surface area contributed by atoms with Crippen LogP contribution < -0.4 is 0 Å². The van der Waals surface area contributed by atoms with Gasteiger partial charge in [0.1, 0.15) is 5.69 Å². The zero-order chi connectivity index (χ0) is 16.6. The lowest BCUT2D eigenvalue weighted by atomic mass is 9.88. The lowest BCUT2D eigenvalue weighted by Crippen LogP contribution is -2.48. The highest BCUT2D eigenvalue weighted by atomic mass is 16.2. The van der Waals surface area contributed by atoms with Gasteiger partial charge in [0, 0.05) is 31.7 Å². The van der Waals surface area contributed by atoms with Crippen LogP contribution in [0.4, 0.5) is 0 Å². The van der Waals surface area contributed by atoms with Crippen LogP contribution >= 0.6 is 0 Å². The molecule has 1 amide bonds. The molecular formula is C19H29N3O. The number of rotatable bonds is 4. The zero-order valence-corrected chi connectivity index (χ0v) is 14.9. The summed E-state index contributed by atoms with van der Waals surface area (Å²) in [5, 5.41) is 0. The van der Waals surface area contributed by atoms with Crippen LogP contribution in [-0.2, 0) is 6.54 Å². The van der Waals surface area contributed by atoms with Crippen molar-refractivity contribution in [3.8, 4) is 0 Å². The third-order valence-electron chi connectivity index (χ3n) is 5.49. The third-order valence-corrected chi connectivity index (χ3v) is 5.49. The van der Waals surface area contributed by atoms with Crippen molar-refractivity contribution in [1.29, 1.82) is 0 Å². The van der Waals surface area contributed by atoms with Crippen molar-refractivity contribution in [1.82, 2.24) is 14.8 Å². The van der Waals surface area contributed by atoms with Crippen molar-refractivity contribution in [2.24, 2.45) is 11.8 Å². The van der Waals surface area contributed by atoms with Crippen LogP contribution in [0.15, 0.2) is 18.2 Å². The van der Waals surface area contributed by atoms with Crippen molar-refractivity contribution >= 4 is 5.91 Å². The molecule has 2 saturated heterocycles. The Kier molecular flexibility index (Phi) is 4.45. The number of amides is 1. The second kappa shape index (κ2) is 6.23. The summed E-state index contributed by atoms with van der Waals surface area (Å²) in [6, 6.07) is 5.86. The molecule has 0 aromatic carbocycles. The van der Waals surface area contributed by atoms with E-state index in [-0.39, 0.29) is 11.4 Å². The second-order valence-corrected chi connectivity index (χ2v) is 8.09. The molecule has 0 unspecified atom stereocenters. The lowest BCUT2D eigenvalue weighted by molar-refractivity contribution is 0.0594. The number of nitrogens with zero attached hydrogens (tertiary/aromatic N) is 3. The van der Waals surface area contributed by atoms with E-state index in [9.17, 15) is 4.79 Å². The fourth-order valence-corrected chi connectivity index (χ4v) is 3.70. The van der Waals surface area contributed by atoms with E-state index in [1.54, 1.807) is 0 Å². The van der Waals surface area contributed by atoms with Gasteiger partial charge in [-0.3, -0.25) is 9.69 Å². The van der Waals surface area contributed by atoms with Crippen molar-refractivity contribution in [3.63, 3.8) is 0 Å². The molecule has 2 fully saturated rings. The Labute approximate surface area is 139 Å². The van der Waals surface area contributed by atoms with E-state index in [2.05, 4.69) is 37.6 Å². The third kappa shape index (κ3) is 3.42. The van der Waals surface area contributed by atoms with Gasteiger partial charge >= 0.3 is 0 Å². The minimum atomic E-state index is -0.0449. The number of aromatic nitrogens is 1. The molecule has 2 aliphatic rings. The van der Waals surface area contributed by atoms with Crippen molar-refractivity contribution in [2.75, 3.05) is 19.6 Å². The van der Waals surface area contributed by atoms with Gasteiger partial charge in [-0.25, -0.2) is 4.98 Å². The second-order valence-electron chi connectivity index (χ2n) is 8.09. The van der Waals surface area contributed by atoms with Crippen LogP contribution in [0.25, 0.3) is 0 Å². The van der Waals surface area contributed by atoms with Crippen LogP contribution in [0.1, 0.15) is 56.7 Å². The normalized spacial score (nSPS) is 21.7. The molecule has 0 aliphatic carbocycles. The first-order valence-corrected chi connectivity index (χ1v) is 8.87. The number of hydrogen-bond donors (Lipinski definition) is 0. The van der Waals surface area contributed by atoms with Gasteiger partial charge in [-0.2, -0.15) is 0 Å². The maximum atomic E-state index is 12.8. The Morgan fingerprint density at radius 2 is 2.09 bits per heavy atom. The molecule has 0 spiro atoms. The van der Waals surface area contributed by atoms with E-state index in [0.29, 0.717) is 5.69 Å². The molecule has 0 saturated carbocycles. The van der Waals surface area contributed by atoms with E-state index in [4.69, 9.17) is 0 Å². The Morgan fingerprint density at radius 1 is 1.35 bits per heavy atom. The number of carbonyl (C=O) groups is 1. The molecule has 3 rings (SSSR count). The van der Waals surface area contributed by atoms with E-state index < -0.39 is 0 Å². The van der Waals surface area contributed by atoms with Crippen molar-refractivity contribution in [2.45, 2.75) is 52.6 Å². The summed E-state index contributed by atoms with van der Waals surface area (Å²) < 4.78 is 0. The molecule has 0 N–H and O–H groups in total. The SMILES string of the molecule is CC(C)C1CN(Cc2cccc(C(=O)N3CCCC3(C)C)n2)C1. The summed E-state index contributed by atoms with van der Waals surface area (Å²) in [6.07, 6.45) is 2.16. The van der Waals surface area contributed by atoms with Gasteiger partial charge in [-0.15, -0.1) is 0 Å². The maximum Gasteiger partial charge on any atom is 0.272 e. The topological polar surface area (TPSA) is 36.4 Å². The fraction of sp³-hybridized carbons (Fsp3) is 0.684. The minimum absolute atomic E-state index is 0.0449. The smallest absolute Gasteiger partial charge is 0.272 e. The standard InChI is InChI=1S/C19H29N3O/c1-14(2)15-11-21(12-15)13-16-7-5-8-17(20-16)18(23)22-10-6-9-19(22,3)4/h5,7-8,14-15H,6,9-13H2,1-4H3. The van der Waals surface area contributed by atoms with Gasteiger partial charge < -0.3 is 4.90 Å². The molecule has 2 aliphatic heterocycles. The van der Waals surface area contributed by atoms with E-state index in [1.807, 2.05) is 23.1 Å². The molecule has 4 nitrogen and oxygen atoms in total. The van der Waals surface area contributed by atoms with Gasteiger partial charge in [-0.05, 0) is 50.7 Å². The quantitative estimate of drug-likeness (QED) is 0.856. The highest BCUT2D eigenvalue weighted by molar-refractivity contribution is 5.93. The molecule has 0 bridgehead atoms. The van der Waals surface area contributed by atoms with Gasteiger partial charge in [0.05, 0.1) is 5.69 Å². The van der Waals surface area contributed by atoms with Gasteiger partial charge in [0.15, 0.2) is 0 Å². The Bertz CT molecular complexity index is 576. The van der Waals surface area contributed by atoms with Crippen LogP contribution in [0.3, 0.4) is 0 Å². The monoisotopic (exact) mass is 315 g/mol. The largest absolute Gasteiger partial charge is 0.332 e. The first kappa shape index (κ1) is 16.4. The molecule has 1 aromatic rings. The molecular weight excluding hydrogens is 286 g/mol. The highest BCUT2D eigenvalue weighted by Gasteiger charge is 2.36. The van der Waals surface area contributed by atoms with Gasteiger partial charge in [0.2, 0.25) is 0 Å². The predicted octanol–water partition coefficient (Wildman–Crippen LogP) is 3.18. The summed E-state index contributed by atoms with van der Waals surface area (Å²) in [5.74, 6) is 1.65. The molecule has 23 heavy (non-hydrogen) atoms. The lowest BCUT2D eigenvalue weighted by Gasteiger charge is -2.41. The van der Waals surface area contributed by atoms with Gasteiger partial charge in [0.25, 0.3) is 5.91 Å². The van der Waals surface area contributed by atoms with Crippen LogP contribution in [0.2, 0.25) is 0 Å². The average Bonchev–Trinajstić information content (AvgIpc) is 2.81. The predicted molar refractivity (Wildman–Crippen MR) is 92.2 cm³/mol. The van der Waals surface area contributed by atoms with Crippen LogP contribution in [0, 0.1) is 11.8 Å². The number of likely N-dealkylation sites (tertiary alicyclic amines) is 2. The van der Waals surface area contributed by atoms with Crippen LogP contribution in [-0.4, -0.2) is 45.9 Å². The first-order chi connectivity index (χ1) is 10.9. The first-order valence-electron chi connectivity index (χ1n) is 8.87. The molecule has 3 heterocycles. The van der Waals surface area contributed by atoms with Crippen molar-refractivity contribution in [3.05, 3.63) is 29.6 Å². The molecule has 0 radical (unpaired) electrons.